The second-order valence-electron chi connectivity index (χ2n) is 2.40. The molecule has 0 aliphatic heterocycles. The van der Waals surface area contributed by atoms with Gasteiger partial charge in [0, 0.05) is 16.0 Å². The van der Waals surface area contributed by atoms with Crippen molar-refractivity contribution in [2.24, 2.45) is 0 Å². The van der Waals surface area contributed by atoms with Gasteiger partial charge in [-0.25, -0.2) is 4.98 Å². The maximum Gasteiger partial charge on any atom is 0.170 e. The normalized spacial score (nSPS) is 10.4. The van der Waals surface area contributed by atoms with E-state index in [0.717, 1.165) is 15.5 Å². The summed E-state index contributed by atoms with van der Waals surface area (Å²) in [6.07, 6.45) is 4.39. The van der Waals surface area contributed by atoms with Gasteiger partial charge in [0.15, 0.2) is 6.29 Å². The number of hydrogen-bond donors (Lipinski definition) is 0. The van der Waals surface area contributed by atoms with Crippen molar-refractivity contribution < 1.29 is 4.79 Å². The Labute approximate surface area is 82.6 Å². The molecule has 0 unspecified atom stereocenters. The van der Waals surface area contributed by atoms with E-state index in [9.17, 15) is 4.79 Å². The number of rotatable bonds is 1. The molecule has 3 nitrogen and oxygen atoms in total. The average molecular weight is 272 g/mol. The molecule has 2 heterocycles. The molecule has 0 spiro atoms. The molecule has 0 fully saturated rings. The lowest BCUT2D eigenvalue weighted by Crippen LogP contribution is -1.82. The second kappa shape index (κ2) is 2.85. The second-order valence-corrected chi connectivity index (χ2v) is 3.64. The van der Waals surface area contributed by atoms with Crippen molar-refractivity contribution in [2.75, 3.05) is 0 Å². The molecule has 12 heavy (non-hydrogen) atoms. The van der Waals surface area contributed by atoms with E-state index in [4.69, 9.17) is 0 Å². The van der Waals surface area contributed by atoms with E-state index < -0.39 is 0 Å². The van der Waals surface area contributed by atoms with Crippen LogP contribution in [0.15, 0.2) is 24.5 Å². The van der Waals surface area contributed by atoms with Crippen LogP contribution in [0.3, 0.4) is 0 Å². The molecule has 0 aromatic carbocycles. The Morgan fingerprint density at radius 1 is 1.42 bits per heavy atom. The van der Waals surface area contributed by atoms with Gasteiger partial charge in [-0.15, -0.1) is 0 Å². The van der Waals surface area contributed by atoms with Gasteiger partial charge in [0.05, 0.1) is 0 Å². The number of halogens is 1. The maximum absolute atomic E-state index is 10.4. The van der Waals surface area contributed by atoms with Gasteiger partial charge >= 0.3 is 0 Å². The fourth-order valence-electron chi connectivity index (χ4n) is 1.04. The van der Waals surface area contributed by atoms with Gasteiger partial charge in [0.1, 0.15) is 11.3 Å². The van der Waals surface area contributed by atoms with Crippen molar-refractivity contribution in [1.29, 1.82) is 0 Å². The van der Waals surface area contributed by atoms with Gasteiger partial charge in [0.2, 0.25) is 0 Å². The van der Waals surface area contributed by atoms with Crippen molar-refractivity contribution in [1.82, 2.24) is 9.38 Å². The predicted molar refractivity (Wildman–Crippen MR) is 53.3 cm³/mol. The van der Waals surface area contributed by atoms with E-state index in [-0.39, 0.29) is 0 Å². The molecular weight excluding hydrogens is 267 g/mol. The lowest BCUT2D eigenvalue weighted by atomic mass is 10.5. The van der Waals surface area contributed by atoms with E-state index >= 15 is 0 Å². The summed E-state index contributed by atoms with van der Waals surface area (Å²) in [5, 5.41) is 0. The molecule has 60 valence electrons. The van der Waals surface area contributed by atoms with Crippen LogP contribution in [0, 0.1) is 3.57 Å². The largest absolute Gasteiger partial charge is 0.305 e. The van der Waals surface area contributed by atoms with Crippen LogP contribution in [0.25, 0.3) is 5.65 Å². The molecule has 2 aromatic rings. The minimum Gasteiger partial charge on any atom is -0.305 e. The number of carbonyl (C=O) groups excluding carboxylic acids is 1. The zero-order valence-electron chi connectivity index (χ0n) is 6.07. The zero-order valence-corrected chi connectivity index (χ0v) is 8.22. The fourth-order valence-corrected chi connectivity index (χ4v) is 1.52. The minimum atomic E-state index is 0.469. The van der Waals surface area contributed by atoms with E-state index in [1.807, 2.05) is 22.7 Å². The van der Waals surface area contributed by atoms with Crippen molar-refractivity contribution in [3.8, 4) is 0 Å². The topological polar surface area (TPSA) is 34.4 Å². The first-order valence-corrected chi connectivity index (χ1v) is 4.47. The number of fused-ring (bicyclic) bond motifs is 1. The van der Waals surface area contributed by atoms with Crippen molar-refractivity contribution >= 4 is 34.5 Å². The Kier molecular flexibility index (Phi) is 1.84. The Bertz CT molecular complexity index is 436. The molecule has 0 saturated carbocycles. The highest BCUT2D eigenvalue weighted by molar-refractivity contribution is 14.1. The highest BCUT2D eigenvalue weighted by Gasteiger charge is 1.98. The standard InChI is InChI=1S/C8H5IN2O/c9-6-1-2-8-10-7(5-12)4-11(8)3-6/h1-5H. The third-order valence-electron chi connectivity index (χ3n) is 1.55. The summed E-state index contributed by atoms with van der Waals surface area (Å²) >= 11 is 2.21. The summed E-state index contributed by atoms with van der Waals surface area (Å²) < 4.78 is 2.96. The molecule has 0 N–H and O–H groups in total. The van der Waals surface area contributed by atoms with Gasteiger partial charge in [-0.05, 0) is 34.7 Å². The number of nitrogens with zero attached hydrogens (tertiary/aromatic N) is 2. The predicted octanol–water partition coefficient (Wildman–Crippen LogP) is 1.75. The smallest absolute Gasteiger partial charge is 0.170 e. The Morgan fingerprint density at radius 2 is 2.25 bits per heavy atom. The Morgan fingerprint density at radius 3 is 3.00 bits per heavy atom. The van der Waals surface area contributed by atoms with Gasteiger partial charge in [-0.3, -0.25) is 4.79 Å². The molecule has 0 amide bonds. The Balaban J connectivity index is 2.75. The van der Waals surface area contributed by atoms with Gasteiger partial charge in [-0.2, -0.15) is 0 Å². The molecule has 0 aliphatic rings. The summed E-state index contributed by atoms with van der Waals surface area (Å²) in [5.41, 5.74) is 1.27. The molecule has 4 heteroatoms. The highest BCUT2D eigenvalue weighted by Crippen LogP contribution is 2.08. The number of carbonyl (C=O) groups is 1. The van der Waals surface area contributed by atoms with Gasteiger partial charge in [0.25, 0.3) is 0 Å². The number of pyridine rings is 1. The summed E-state index contributed by atoms with van der Waals surface area (Å²) in [5.74, 6) is 0. The van der Waals surface area contributed by atoms with Crippen LogP contribution in [0.2, 0.25) is 0 Å². The van der Waals surface area contributed by atoms with E-state index in [0.29, 0.717) is 5.69 Å². The quantitative estimate of drug-likeness (QED) is 0.585. The van der Waals surface area contributed by atoms with Crippen LogP contribution >= 0.6 is 22.6 Å². The number of hydrogen-bond acceptors (Lipinski definition) is 2. The monoisotopic (exact) mass is 272 g/mol. The number of aldehydes is 1. The summed E-state index contributed by atoms with van der Waals surface area (Å²) in [6.45, 7) is 0. The van der Waals surface area contributed by atoms with Crippen molar-refractivity contribution in [2.45, 2.75) is 0 Å². The lowest BCUT2D eigenvalue weighted by molar-refractivity contribution is 0.111. The van der Waals surface area contributed by atoms with Gasteiger partial charge < -0.3 is 4.40 Å². The average Bonchev–Trinajstić information content (AvgIpc) is 2.46. The minimum absolute atomic E-state index is 0.469. The van der Waals surface area contributed by atoms with Crippen LogP contribution in [0.1, 0.15) is 10.5 Å². The Hall–Kier alpha value is -0.910. The summed E-state index contributed by atoms with van der Waals surface area (Å²) in [6, 6.07) is 3.84. The molecule has 2 rings (SSSR count). The van der Waals surface area contributed by atoms with Crippen LogP contribution in [-0.2, 0) is 0 Å². The number of aromatic nitrogens is 2. The van der Waals surface area contributed by atoms with Crippen LogP contribution < -0.4 is 0 Å². The van der Waals surface area contributed by atoms with E-state index in [1.165, 1.54) is 0 Å². The van der Waals surface area contributed by atoms with Crippen LogP contribution in [-0.4, -0.2) is 15.7 Å². The lowest BCUT2D eigenvalue weighted by Gasteiger charge is -1.91. The van der Waals surface area contributed by atoms with E-state index in [1.54, 1.807) is 6.20 Å². The number of imidazole rings is 1. The zero-order chi connectivity index (χ0) is 8.55. The van der Waals surface area contributed by atoms with Gasteiger partial charge in [-0.1, -0.05) is 0 Å². The molecule has 2 aromatic heterocycles. The summed E-state index contributed by atoms with van der Waals surface area (Å²) in [7, 11) is 0. The molecular formula is C8H5IN2O. The SMILES string of the molecule is O=Cc1cn2cc(I)ccc2n1. The van der Waals surface area contributed by atoms with E-state index in [2.05, 4.69) is 27.6 Å². The summed E-state index contributed by atoms with van der Waals surface area (Å²) in [4.78, 5) is 14.4. The molecule has 0 radical (unpaired) electrons. The van der Waals surface area contributed by atoms with Crippen LogP contribution in [0.5, 0.6) is 0 Å². The first kappa shape index (κ1) is 7.72. The maximum atomic E-state index is 10.4. The highest BCUT2D eigenvalue weighted by atomic mass is 127. The third kappa shape index (κ3) is 1.22. The van der Waals surface area contributed by atoms with Crippen molar-refractivity contribution in [3.63, 3.8) is 0 Å². The van der Waals surface area contributed by atoms with Crippen LogP contribution in [0.4, 0.5) is 0 Å². The van der Waals surface area contributed by atoms with Crippen molar-refractivity contribution in [3.05, 3.63) is 33.8 Å². The first-order valence-electron chi connectivity index (χ1n) is 3.39. The fraction of sp³-hybridized carbons (Fsp3) is 0. The third-order valence-corrected chi connectivity index (χ3v) is 2.19. The molecule has 0 bridgehead atoms. The molecule has 0 atom stereocenters. The molecule has 0 aliphatic carbocycles. The first-order chi connectivity index (χ1) is 5.79. The molecule has 0 saturated heterocycles.